The van der Waals surface area contributed by atoms with Gasteiger partial charge >= 0.3 is 6.18 Å². The lowest BCUT2D eigenvalue weighted by atomic mass is 9.70. The minimum absolute atomic E-state index is 0.0213. The fourth-order valence-corrected chi connectivity index (χ4v) is 3.59. The number of allylic oxidation sites excluding steroid dienone is 1. The van der Waals surface area contributed by atoms with Crippen LogP contribution < -0.4 is 10.6 Å². The summed E-state index contributed by atoms with van der Waals surface area (Å²) in [7, 11) is 0. The number of carbonyl (C=O) groups excluding carboxylic acids is 2. The van der Waals surface area contributed by atoms with E-state index in [-0.39, 0.29) is 23.6 Å². The van der Waals surface area contributed by atoms with E-state index >= 15 is 0 Å². The van der Waals surface area contributed by atoms with Crippen molar-refractivity contribution >= 4 is 11.8 Å². The molecular formula is C17H21F3N4O2. The lowest BCUT2D eigenvalue weighted by molar-refractivity contribution is -0.141. The van der Waals surface area contributed by atoms with E-state index in [2.05, 4.69) is 15.7 Å². The number of halogens is 3. The van der Waals surface area contributed by atoms with E-state index in [4.69, 9.17) is 0 Å². The van der Waals surface area contributed by atoms with Crippen LogP contribution in [0.25, 0.3) is 0 Å². The molecule has 0 spiro atoms. The maximum absolute atomic E-state index is 12.7. The molecule has 0 aromatic carbocycles. The van der Waals surface area contributed by atoms with E-state index in [1.54, 1.807) is 0 Å². The first-order valence-electron chi connectivity index (χ1n) is 8.58. The van der Waals surface area contributed by atoms with Crippen LogP contribution in [0, 0.1) is 12.3 Å². The van der Waals surface area contributed by atoms with Crippen molar-refractivity contribution in [1.82, 2.24) is 20.4 Å². The van der Waals surface area contributed by atoms with Crippen LogP contribution in [0.4, 0.5) is 13.2 Å². The molecule has 1 saturated heterocycles. The van der Waals surface area contributed by atoms with E-state index < -0.39 is 17.8 Å². The number of rotatable bonds is 4. The van der Waals surface area contributed by atoms with Gasteiger partial charge in [-0.05, 0) is 38.7 Å². The van der Waals surface area contributed by atoms with Gasteiger partial charge in [-0.2, -0.15) is 18.3 Å². The average molecular weight is 370 g/mol. The fraction of sp³-hybridized carbons (Fsp3) is 0.588. The van der Waals surface area contributed by atoms with Crippen LogP contribution in [0.2, 0.25) is 0 Å². The highest BCUT2D eigenvalue weighted by Gasteiger charge is 2.40. The van der Waals surface area contributed by atoms with E-state index in [9.17, 15) is 22.8 Å². The molecule has 142 valence electrons. The van der Waals surface area contributed by atoms with Crippen LogP contribution in [0.5, 0.6) is 0 Å². The number of aryl methyl sites for hydroxylation is 1. The first kappa shape index (κ1) is 18.5. The quantitative estimate of drug-likeness (QED) is 0.854. The Balaban J connectivity index is 1.64. The Morgan fingerprint density at radius 1 is 1.42 bits per heavy atom. The number of fused-ring (bicyclic) bond motifs is 1. The molecule has 6 nitrogen and oxygen atoms in total. The maximum Gasteiger partial charge on any atom is 0.435 e. The normalized spacial score (nSPS) is 23.1. The highest BCUT2D eigenvalue weighted by Crippen LogP contribution is 2.42. The predicted molar refractivity (Wildman–Crippen MR) is 86.7 cm³/mol. The molecule has 3 rings (SSSR count). The monoisotopic (exact) mass is 370 g/mol. The molecule has 1 atom stereocenters. The Labute approximate surface area is 148 Å². The van der Waals surface area contributed by atoms with Gasteiger partial charge in [-0.1, -0.05) is 6.08 Å². The minimum atomic E-state index is -4.53. The number of carbonyl (C=O) groups is 2. The van der Waals surface area contributed by atoms with E-state index in [0.717, 1.165) is 35.7 Å². The molecule has 26 heavy (non-hydrogen) atoms. The number of amides is 2. The van der Waals surface area contributed by atoms with E-state index in [0.29, 0.717) is 19.4 Å². The fourth-order valence-electron chi connectivity index (χ4n) is 3.59. The lowest BCUT2D eigenvalue weighted by Crippen LogP contribution is -2.49. The molecule has 1 aromatic heterocycles. The van der Waals surface area contributed by atoms with Crippen molar-refractivity contribution < 1.29 is 22.8 Å². The second-order valence-electron chi connectivity index (χ2n) is 6.94. The number of piperidine rings is 1. The Morgan fingerprint density at radius 3 is 2.88 bits per heavy atom. The number of hydrogen-bond donors (Lipinski definition) is 2. The Hall–Kier alpha value is -2.32. The summed E-state index contributed by atoms with van der Waals surface area (Å²) in [6, 6.07) is 0.921. The highest BCUT2D eigenvalue weighted by atomic mass is 19.4. The second kappa shape index (κ2) is 6.77. The summed E-state index contributed by atoms with van der Waals surface area (Å²) in [6.07, 6.45) is 1.25. The van der Waals surface area contributed by atoms with Gasteiger partial charge in [0, 0.05) is 29.8 Å². The van der Waals surface area contributed by atoms with Crippen molar-refractivity contribution in [2.24, 2.45) is 5.41 Å². The molecule has 0 radical (unpaired) electrons. The van der Waals surface area contributed by atoms with Crippen molar-refractivity contribution in [2.75, 3.05) is 6.54 Å². The highest BCUT2D eigenvalue weighted by molar-refractivity contribution is 5.80. The summed E-state index contributed by atoms with van der Waals surface area (Å²) >= 11 is 0. The summed E-state index contributed by atoms with van der Waals surface area (Å²) in [5.41, 5.74) is -0.171. The zero-order valence-electron chi connectivity index (χ0n) is 14.4. The van der Waals surface area contributed by atoms with Gasteiger partial charge in [0.15, 0.2) is 5.69 Å². The molecule has 9 heteroatoms. The van der Waals surface area contributed by atoms with Crippen LogP contribution in [0.15, 0.2) is 17.8 Å². The van der Waals surface area contributed by atoms with Gasteiger partial charge in [0.25, 0.3) is 0 Å². The summed E-state index contributed by atoms with van der Waals surface area (Å²) in [5, 5.41) is 9.17. The topological polar surface area (TPSA) is 76.0 Å². The minimum Gasteiger partial charge on any atom is -0.354 e. The predicted octanol–water partition coefficient (Wildman–Crippen LogP) is 2.29. The van der Waals surface area contributed by atoms with E-state index in [1.165, 1.54) is 6.92 Å². The molecule has 0 bridgehead atoms. The Morgan fingerprint density at radius 2 is 2.19 bits per heavy atom. The third kappa shape index (κ3) is 3.76. The molecule has 2 N–H and O–H groups in total. The van der Waals surface area contributed by atoms with Crippen molar-refractivity contribution in [3.8, 4) is 0 Å². The first-order valence-corrected chi connectivity index (χ1v) is 8.58. The molecule has 1 aromatic rings. The molecule has 2 aliphatic rings. The standard InChI is InChI=1S/C17H21F3N4O2/c1-11-8-13(17(18,19)20)23-24(11)9-15(26)21-10-16-6-3-2-4-12(16)22-14(25)5-7-16/h4,8H,2-3,5-7,9-10H2,1H3,(H,21,26)(H,22,25). The third-order valence-electron chi connectivity index (χ3n) is 5.07. The number of nitrogens with one attached hydrogen (secondary N) is 2. The van der Waals surface area contributed by atoms with Gasteiger partial charge in [0.2, 0.25) is 11.8 Å². The summed E-state index contributed by atoms with van der Waals surface area (Å²) in [4.78, 5) is 23.9. The van der Waals surface area contributed by atoms with Crippen molar-refractivity contribution in [2.45, 2.75) is 51.7 Å². The van der Waals surface area contributed by atoms with Crippen LogP contribution >= 0.6 is 0 Å². The van der Waals surface area contributed by atoms with Crippen LogP contribution in [0.3, 0.4) is 0 Å². The molecule has 1 fully saturated rings. The van der Waals surface area contributed by atoms with Gasteiger partial charge in [-0.25, -0.2) is 0 Å². The molecule has 2 amide bonds. The first-order chi connectivity index (χ1) is 12.2. The molecule has 1 aliphatic carbocycles. The summed E-state index contributed by atoms with van der Waals surface area (Å²) in [5.74, 6) is -0.423. The number of alkyl halides is 3. The van der Waals surface area contributed by atoms with Crippen LogP contribution in [-0.2, 0) is 22.3 Å². The van der Waals surface area contributed by atoms with Crippen LogP contribution in [-0.4, -0.2) is 28.1 Å². The molecule has 1 aliphatic heterocycles. The van der Waals surface area contributed by atoms with Gasteiger partial charge in [0.1, 0.15) is 6.54 Å². The van der Waals surface area contributed by atoms with E-state index in [1.807, 2.05) is 6.08 Å². The van der Waals surface area contributed by atoms with Gasteiger partial charge in [-0.15, -0.1) is 0 Å². The number of hydrogen-bond acceptors (Lipinski definition) is 3. The average Bonchev–Trinajstić information content (AvgIpc) is 2.94. The third-order valence-corrected chi connectivity index (χ3v) is 5.07. The summed E-state index contributed by atoms with van der Waals surface area (Å²) < 4.78 is 39.2. The molecular weight excluding hydrogens is 349 g/mol. The number of aromatic nitrogens is 2. The van der Waals surface area contributed by atoms with Crippen molar-refractivity contribution in [3.63, 3.8) is 0 Å². The zero-order chi connectivity index (χ0) is 18.9. The maximum atomic E-state index is 12.7. The van der Waals surface area contributed by atoms with Gasteiger partial charge in [-0.3, -0.25) is 14.3 Å². The SMILES string of the molecule is Cc1cc(C(F)(F)F)nn1CC(=O)NCC12CCCC=C1NC(=O)CC2. The zero-order valence-corrected chi connectivity index (χ0v) is 14.4. The van der Waals surface area contributed by atoms with Gasteiger partial charge < -0.3 is 10.6 Å². The van der Waals surface area contributed by atoms with Gasteiger partial charge in [0.05, 0.1) is 0 Å². The lowest BCUT2D eigenvalue weighted by Gasteiger charge is -2.42. The molecule has 1 unspecified atom stereocenters. The van der Waals surface area contributed by atoms with Crippen molar-refractivity contribution in [3.05, 3.63) is 29.2 Å². The molecule has 2 heterocycles. The largest absolute Gasteiger partial charge is 0.435 e. The summed E-state index contributed by atoms with van der Waals surface area (Å²) in [6.45, 7) is 1.56. The Bertz CT molecular complexity index is 754. The number of nitrogens with zero attached hydrogens (tertiary/aromatic N) is 2. The second-order valence-corrected chi connectivity index (χ2v) is 6.94. The van der Waals surface area contributed by atoms with Crippen LogP contribution in [0.1, 0.15) is 43.5 Å². The smallest absolute Gasteiger partial charge is 0.354 e. The van der Waals surface area contributed by atoms with Crippen molar-refractivity contribution in [1.29, 1.82) is 0 Å². The Kier molecular flexibility index (Phi) is 4.81. The molecule has 0 saturated carbocycles.